The molecule has 0 unspecified atom stereocenters. The van der Waals surface area contributed by atoms with Crippen molar-refractivity contribution in [2.24, 2.45) is 0 Å². The Morgan fingerprint density at radius 3 is 2.33 bits per heavy atom. The maximum Gasteiger partial charge on any atom is 0.406 e. The summed E-state index contributed by atoms with van der Waals surface area (Å²) in [5.74, 6) is -0.640. The second-order valence-corrected chi connectivity index (χ2v) is 6.92. The highest BCUT2D eigenvalue weighted by Crippen LogP contribution is 2.18. The number of nitrogens with zero attached hydrogens (tertiary/aromatic N) is 1. The Balaban J connectivity index is 2.70. The number of hydrogen-bond donors (Lipinski definition) is 1. The third kappa shape index (κ3) is 6.32. The zero-order valence-electron chi connectivity index (χ0n) is 13.1. The van der Waals surface area contributed by atoms with Crippen molar-refractivity contribution in [2.75, 3.05) is 20.1 Å². The molecule has 1 aromatic rings. The topological polar surface area (TPSA) is 66.5 Å². The highest BCUT2D eigenvalue weighted by molar-refractivity contribution is 7.89. The van der Waals surface area contributed by atoms with Gasteiger partial charge in [0.2, 0.25) is 15.9 Å². The summed E-state index contributed by atoms with van der Waals surface area (Å²) in [4.78, 5) is 12.7. The van der Waals surface area contributed by atoms with Gasteiger partial charge in [0, 0.05) is 13.0 Å². The quantitative estimate of drug-likeness (QED) is 0.719. The highest BCUT2D eigenvalue weighted by atomic mass is 32.2. The van der Waals surface area contributed by atoms with E-state index in [0.717, 1.165) is 0 Å². The summed E-state index contributed by atoms with van der Waals surface area (Å²) in [5.41, 5.74) is 0.656. The minimum absolute atomic E-state index is 0.0745. The third-order valence-electron chi connectivity index (χ3n) is 3.20. The number of halogens is 3. The van der Waals surface area contributed by atoms with Crippen molar-refractivity contribution in [1.29, 1.82) is 0 Å². The summed E-state index contributed by atoms with van der Waals surface area (Å²) < 4.78 is 62.7. The molecule has 1 amide bonds. The van der Waals surface area contributed by atoms with Gasteiger partial charge in [0.15, 0.2) is 0 Å². The lowest BCUT2D eigenvalue weighted by Gasteiger charge is -2.22. The largest absolute Gasteiger partial charge is 0.406 e. The zero-order chi connectivity index (χ0) is 18.4. The maximum atomic E-state index is 12.5. The Kier molecular flexibility index (Phi) is 6.97. The van der Waals surface area contributed by atoms with Crippen LogP contribution in [-0.2, 0) is 21.2 Å². The van der Waals surface area contributed by atoms with Gasteiger partial charge in [-0.2, -0.15) is 13.2 Å². The van der Waals surface area contributed by atoms with E-state index in [1.165, 1.54) is 37.4 Å². The van der Waals surface area contributed by atoms with E-state index in [9.17, 15) is 26.4 Å². The van der Waals surface area contributed by atoms with Crippen LogP contribution in [0.3, 0.4) is 0 Å². The van der Waals surface area contributed by atoms with E-state index in [1.807, 2.05) is 0 Å². The second kappa shape index (κ2) is 8.29. The van der Waals surface area contributed by atoms with E-state index in [0.29, 0.717) is 10.5 Å². The molecule has 9 heteroatoms. The lowest BCUT2D eigenvalue weighted by Crippen LogP contribution is -2.39. The van der Waals surface area contributed by atoms with Crippen LogP contribution in [0.4, 0.5) is 13.2 Å². The molecule has 134 valence electrons. The molecule has 0 heterocycles. The number of nitrogens with one attached hydrogen (secondary N) is 1. The molecule has 0 atom stereocenters. The van der Waals surface area contributed by atoms with Gasteiger partial charge in [-0.15, -0.1) is 6.58 Å². The number of hydrogen-bond acceptors (Lipinski definition) is 3. The number of amides is 1. The zero-order valence-corrected chi connectivity index (χ0v) is 14.0. The lowest BCUT2D eigenvalue weighted by molar-refractivity contribution is -0.160. The molecule has 0 bridgehead atoms. The SMILES string of the molecule is C=CCN(CC(F)(F)F)C(=O)CCc1ccc(S(=O)(=O)NC)cc1. The summed E-state index contributed by atoms with van der Waals surface area (Å²) in [6.45, 7) is 1.84. The fourth-order valence-corrected chi connectivity index (χ4v) is 2.72. The first-order valence-electron chi connectivity index (χ1n) is 7.07. The van der Waals surface area contributed by atoms with Crippen molar-refractivity contribution >= 4 is 15.9 Å². The summed E-state index contributed by atoms with van der Waals surface area (Å²) in [7, 11) is -2.26. The maximum absolute atomic E-state index is 12.5. The van der Waals surface area contributed by atoms with Gasteiger partial charge in [-0.25, -0.2) is 13.1 Å². The van der Waals surface area contributed by atoms with E-state index >= 15 is 0 Å². The Morgan fingerprint density at radius 1 is 1.29 bits per heavy atom. The average Bonchev–Trinajstić information content (AvgIpc) is 2.51. The number of carbonyl (C=O) groups is 1. The standard InChI is InChI=1S/C15H19F3N2O3S/c1-3-10-20(11-15(16,17)18)14(21)9-6-12-4-7-13(8-5-12)24(22,23)19-2/h3-5,7-8,19H,1,6,9-11H2,2H3. The molecular weight excluding hydrogens is 345 g/mol. The number of rotatable bonds is 8. The smallest absolute Gasteiger partial charge is 0.330 e. The number of alkyl halides is 3. The lowest BCUT2D eigenvalue weighted by atomic mass is 10.1. The molecule has 5 nitrogen and oxygen atoms in total. The molecule has 0 saturated heterocycles. The van der Waals surface area contributed by atoms with Crippen LogP contribution in [0.25, 0.3) is 0 Å². The summed E-state index contributed by atoms with van der Waals surface area (Å²) in [5, 5.41) is 0. The first-order valence-corrected chi connectivity index (χ1v) is 8.55. The molecule has 1 rings (SSSR count). The predicted octanol–water partition coefficient (Wildman–Crippen LogP) is 2.10. The molecule has 0 aliphatic carbocycles. The minimum atomic E-state index is -4.47. The summed E-state index contributed by atoms with van der Waals surface area (Å²) >= 11 is 0. The van der Waals surface area contributed by atoms with E-state index in [4.69, 9.17) is 0 Å². The Bertz CT molecular complexity index is 670. The molecular formula is C15H19F3N2O3S. The van der Waals surface area contributed by atoms with Gasteiger partial charge >= 0.3 is 6.18 Å². The van der Waals surface area contributed by atoms with Crippen molar-refractivity contribution in [3.8, 4) is 0 Å². The average molecular weight is 364 g/mol. The van der Waals surface area contributed by atoms with Gasteiger partial charge in [-0.05, 0) is 31.2 Å². The first kappa shape index (κ1) is 20.2. The first-order chi connectivity index (χ1) is 11.1. The number of aryl methyl sites for hydroxylation is 1. The molecule has 1 N–H and O–H groups in total. The monoisotopic (exact) mass is 364 g/mol. The molecule has 1 aromatic carbocycles. The van der Waals surface area contributed by atoms with Crippen LogP contribution in [0.1, 0.15) is 12.0 Å². The molecule has 0 aromatic heterocycles. The van der Waals surface area contributed by atoms with Crippen LogP contribution in [0.2, 0.25) is 0 Å². The van der Waals surface area contributed by atoms with Gasteiger partial charge in [0.1, 0.15) is 6.54 Å². The number of carbonyl (C=O) groups excluding carboxylic acids is 1. The van der Waals surface area contributed by atoms with Gasteiger partial charge in [-0.3, -0.25) is 4.79 Å². The normalized spacial score (nSPS) is 12.0. The fourth-order valence-electron chi connectivity index (χ4n) is 1.99. The van der Waals surface area contributed by atoms with Gasteiger partial charge < -0.3 is 4.90 Å². The minimum Gasteiger partial charge on any atom is -0.330 e. The van der Waals surface area contributed by atoms with Crippen LogP contribution in [0.15, 0.2) is 41.8 Å². The van der Waals surface area contributed by atoms with Crippen LogP contribution in [-0.4, -0.2) is 45.5 Å². The van der Waals surface area contributed by atoms with Crippen LogP contribution >= 0.6 is 0 Å². The van der Waals surface area contributed by atoms with Gasteiger partial charge in [0.25, 0.3) is 0 Å². The number of sulfonamides is 1. The second-order valence-electron chi connectivity index (χ2n) is 5.03. The van der Waals surface area contributed by atoms with Crippen molar-refractivity contribution in [2.45, 2.75) is 23.9 Å². The van der Waals surface area contributed by atoms with Crippen molar-refractivity contribution < 1.29 is 26.4 Å². The third-order valence-corrected chi connectivity index (χ3v) is 4.63. The molecule has 0 aliphatic rings. The Hall–Kier alpha value is -1.87. The molecule has 0 saturated carbocycles. The predicted molar refractivity (Wildman–Crippen MR) is 83.8 cm³/mol. The molecule has 24 heavy (non-hydrogen) atoms. The molecule has 0 spiro atoms. The van der Waals surface area contributed by atoms with Crippen LogP contribution < -0.4 is 4.72 Å². The fraction of sp³-hybridized carbons (Fsp3) is 0.400. The van der Waals surface area contributed by atoms with E-state index in [-0.39, 0.29) is 24.3 Å². The van der Waals surface area contributed by atoms with E-state index in [2.05, 4.69) is 11.3 Å². The molecule has 0 aliphatic heterocycles. The van der Waals surface area contributed by atoms with Crippen molar-refractivity contribution in [1.82, 2.24) is 9.62 Å². The Labute approximate surface area is 139 Å². The van der Waals surface area contributed by atoms with Crippen LogP contribution in [0.5, 0.6) is 0 Å². The molecule has 0 radical (unpaired) electrons. The number of benzene rings is 1. The van der Waals surface area contributed by atoms with E-state index < -0.39 is 28.7 Å². The van der Waals surface area contributed by atoms with E-state index in [1.54, 1.807) is 0 Å². The highest BCUT2D eigenvalue weighted by Gasteiger charge is 2.32. The molecule has 0 fully saturated rings. The Morgan fingerprint density at radius 2 is 1.88 bits per heavy atom. The van der Waals surface area contributed by atoms with Gasteiger partial charge in [0.05, 0.1) is 4.90 Å². The van der Waals surface area contributed by atoms with Crippen molar-refractivity contribution in [3.05, 3.63) is 42.5 Å². The summed E-state index contributed by atoms with van der Waals surface area (Å²) in [6.07, 6.45) is -3.13. The van der Waals surface area contributed by atoms with Crippen molar-refractivity contribution in [3.63, 3.8) is 0 Å². The van der Waals surface area contributed by atoms with Gasteiger partial charge in [-0.1, -0.05) is 18.2 Å². The summed E-state index contributed by atoms with van der Waals surface area (Å²) in [6, 6.07) is 5.81. The van der Waals surface area contributed by atoms with Crippen LogP contribution in [0, 0.1) is 0 Å².